The Hall–Kier alpha value is -2.41. The van der Waals surface area contributed by atoms with Crippen LogP contribution in [0.2, 0.25) is 0 Å². The molecule has 1 fully saturated rings. The highest BCUT2D eigenvalue weighted by Crippen LogP contribution is 2.22. The van der Waals surface area contributed by atoms with Gasteiger partial charge in [0.2, 0.25) is 11.9 Å². The molecule has 0 spiro atoms. The number of nitrogen functional groups attached to an aromatic ring is 1. The normalized spacial score (nSPS) is 18.4. The molecule has 1 aliphatic rings. The number of fused-ring (bicyclic) bond motifs is 1. The van der Waals surface area contributed by atoms with Crippen molar-refractivity contribution in [2.24, 2.45) is 5.84 Å². The fourth-order valence-electron chi connectivity index (χ4n) is 2.15. The third-order valence-electron chi connectivity index (χ3n) is 3.05. The number of carbonyl (C=O) groups is 1. The molecule has 1 unspecified atom stereocenters. The second-order valence-corrected chi connectivity index (χ2v) is 4.41. The van der Waals surface area contributed by atoms with E-state index in [1.807, 2.05) is 24.3 Å². The smallest absolute Gasteiger partial charge is 0.239 e. The number of benzene rings is 1. The number of para-hydroxylation sites is 1. The number of hydrazine groups is 1. The molecule has 3 rings (SSSR count). The third kappa shape index (κ3) is 2.27. The molecule has 0 bridgehead atoms. The Morgan fingerprint density at radius 1 is 1.32 bits per heavy atom. The summed E-state index contributed by atoms with van der Waals surface area (Å²) in [6.07, 6.45) is 0.448. The summed E-state index contributed by atoms with van der Waals surface area (Å²) < 4.78 is 0. The average molecular weight is 258 g/mol. The van der Waals surface area contributed by atoms with Gasteiger partial charge in [0.1, 0.15) is 5.82 Å². The predicted octanol–water partition coefficient (Wildman–Crippen LogP) is 0.216. The molecular weight excluding hydrogens is 244 g/mol. The van der Waals surface area contributed by atoms with E-state index in [-0.39, 0.29) is 11.9 Å². The van der Waals surface area contributed by atoms with Crippen molar-refractivity contribution < 1.29 is 4.79 Å². The standard InChI is InChI=1S/C12H14N6O/c13-18-12-16-9-4-2-1-3-8(9)11(17-12)15-7-5-10(19)14-6-7/h1-4,7H,5-6,13H2,(H,14,19)(H2,15,16,17,18). The molecule has 1 amide bonds. The van der Waals surface area contributed by atoms with Gasteiger partial charge in [-0.05, 0) is 12.1 Å². The topological polar surface area (TPSA) is 105 Å². The molecule has 1 aliphatic heterocycles. The number of hydrogen-bond acceptors (Lipinski definition) is 6. The van der Waals surface area contributed by atoms with Gasteiger partial charge in [0.25, 0.3) is 0 Å². The Morgan fingerprint density at radius 2 is 2.16 bits per heavy atom. The van der Waals surface area contributed by atoms with E-state index in [0.717, 1.165) is 10.9 Å². The summed E-state index contributed by atoms with van der Waals surface area (Å²) in [5.74, 6) is 6.45. The van der Waals surface area contributed by atoms with Crippen LogP contribution in [0.5, 0.6) is 0 Å². The van der Waals surface area contributed by atoms with Crippen LogP contribution in [0.4, 0.5) is 11.8 Å². The monoisotopic (exact) mass is 258 g/mol. The number of nitrogens with zero attached hydrogens (tertiary/aromatic N) is 2. The van der Waals surface area contributed by atoms with Crippen LogP contribution in [0.1, 0.15) is 6.42 Å². The third-order valence-corrected chi connectivity index (χ3v) is 3.05. The molecular formula is C12H14N6O. The Kier molecular flexibility index (Phi) is 2.88. The van der Waals surface area contributed by atoms with Crippen molar-refractivity contribution in [1.29, 1.82) is 0 Å². The van der Waals surface area contributed by atoms with Gasteiger partial charge < -0.3 is 10.6 Å². The van der Waals surface area contributed by atoms with Gasteiger partial charge in [-0.15, -0.1) is 0 Å². The van der Waals surface area contributed by atoms with Crippen molar-refractivity contribution in [3.8, 4) is 0 Å². The van der Waals surface area contributed by atoms with Crippen LogP contribution in [0, 0.1) is 0 Å². The minimum Gasteiger partial charge on any atom is -0.364 e. The zero-order valence-corrected chi connectivity index (χ0v) is 10.2. The second kappa shape index (κ2) is 4.69. The molecule has 2 heterocycles. The number of amides is 1. The number of anilines is 2. The maximum absolute atomic E-state index is 11.2. The lowest BCUT2D eigenvalue weighted by Gasteiger charge is -2.14. The fourth-order valence-corrected chi connectivity index (χ4v) is 2.15. The van der Waals surface area contributed by atoms with Gasteiger partial charge >= 0.3 is 0 Å². The second-order valence-electron chi connectivity index (χ2n) is 4.41. The number of nitrogens with one attached hydrogen (secondary N) is 3. The van der Waals surface area contributed by atoms with E-state index in [0.29, 0.717) is 24.7 Å². The highest BCUT2D eigenvalue weighted by atomic mass is 16.1. The minimum absolute atomic E-state index is 0.0384. The van der Waals surface area contributed by atoms with Gasteiger partial charge in [-0.2, -0.15) is 4.98 Å². The van der Waals surface area contributed by atoms with Gasteiger partial charge in [-0.25, -0.2) is 10.8 Å². The van der Waals surface area contributed by atoms with E-state index in [2.05, 4.69) is 26.0 Å². The molecule has 5 N–H and O–H groups in total. The lowest BCUT2D eigenvalue weighted by molar-refractivity contribution is -0.119. The van der Waals surface area contributed by atoms with Crippen molar-refractivity contribution >= 4 is 28.6 Å². The number of aromatic nitrogens is 2. The van der Waals surface area contributed by atoms with Crippen LogP contribution < -0.4 is 21.9 Å². The van der Waals surface area contributed by atoms with E-state index in [9.17, 15) is 4.79 Å². The highest BCUT2D eigenvalue weighted by molar-refractivity contribution is 5.90. The van der Waals surface area contributed by atoms with Crippen molar-refractivity contribution in [2.45, 2.75) is 12.5 Å². The number of carbonyl (C=O) groups excluding carboxylic acids is 1. The summed E-state index contributed by atoms with van der Waals surface area (Å²) >= 11 is 0. The fraction of sp³-hybridized carbons (Fsp3) is 0.250. The SMILES string of the molecule is NNc1nc(NC2CNC(=O)C2)c2ccccc2n1. The summed E-state index contributed by atoms with van der Waals surface area (Å²) in [6.45, 7) is 0.600. The number of hydrogen-bond donors (Lipinski definition) is 4. The molecule has 1 saturated heterocycles. The van der Waals surface area contributed by atoms with Gasteiger partial charge in [-0.3, -0.25) is 10.2 Å². The molecule has 0 radical (unpaired) electrons. The molecule has 1 atom stereocenters. The first-order valence-corrected chi connectivity index (χ1v) is 6.03. The van der Waals surface area contributed by atoms with Crippen molar-refractivity contribution in [3.63, 3.8) is 0 Å². The molecule has 2 aromatic rings. The summed E-state index contributed by atoms with van der Waals surface area (Å²) in [5.41, 5.74) is 3.24. The van der Waals surface area contributed by atoms with Crippen molar-refractivity contribution in [3.05, 3.63) is 24.3 Å². The summed E-state index contributed by atoms with van der Waals surface area (Å²) in [5, 5.41) is 6.94. The summed E-state index contributed by atoms with van der Waals surface area (Å²) in [6, 6.07) is 7.68. The van der Waals surface area contributed by atoms with Crippen LogP contribution in [0.25, 0.3) is 10.9 Å². The molecule has 7 heteroatoms. The molecule has 19 heavy (non-hydrogen) atoms. The maximum Gasteiger partial charge on any atom is 0.239 e. The first kappa shape index (κ1) is 11.7. The first-order chi connectivity index (χ1) is 9.26. The maximum atomic E-state index is 11.2. The first-order valence-electron chi connectivity index (χ1n) is 6.03. The van der Waals surface area contributed by atoms with Crippen LogP contribution in [0.3, 0.4) is 0 Å². The van der Waals surface area contributed by atoms with Crippen LogP contribution in [0.15, 0.2) is 24.3 Å². The molecule has 98 valence electrons. The van der Waals surface area contributed by atoms with Gasteiger partial charge in [0.05, 0.1) is 11.6 Å². The molecule has 7 nitrogen and oxygen atoms in total. The van der Waals surface area contributed by atoms with Gasteiger partial charge in [-0.1, -0.05) is 12.1 Å². The molecule has 1 aromatic carbocycles. The lowest BCUT2D eigenvalue weighted by atomic mass is 10.2. The largest absolute Gasteiger partial charge is 0.364 e. The Balaban J connectivity index is 1.98. The molecule has 0 saturated carbocycles. The van der Waals surface area contributed by atoms with Crippen LogP contribution >= 0.6 is 0 Å². The predicted molar refractivity (Wildman–Crippen MR) is 72.4 cm³/mol. The Labute approximate surface area is 109 Å². The van der Waals surface area contributed by atoms with Gasteiger partial charge in [0.15, 0.2) is 0 Å². The minimum atomic E-state index is 0.0384. The Morgan fingerprint density at radius 3 is 2.89 bits per heavy atom. The quantitative estimate of drug-likeness (QED) is 0.463. The van der Waals surface area contributed by atoms with E-state index < -0.39 is 0 Å². The number of rotatable bonds is 3. The van der Waals surface area contributed by atoms with Crippen LogP contribution in [-0.2, 0) is 4.79 Å². The van der Waals surface area contributed by atoms with Crippen molar-refractivity contribution in [2.75, 3.05) is 17.3 Å². The van der Waals surface area contributed by atoms with E-state index in [1.54, 1.807) is 0 Å². The zero-order chi connectivity index (χ0) is 13.2. The van der Waals surface area contributed by atoms with Gasteiger partial charge in [0, 0.05) is 18.4 Å². The Bertz CT molecular complexity index is 629. The summed E-state index contributed by atoms with van der Waals surface area (Å²) in [4.78, 5) is 19.8. The van der Waals surface area contributed by atoms with Crippen LogP contribution in [-0.4, -0.2) is 28.5 Å². The van der Waals surface area contributed by atoms with E-state index in [4.69, 9.17) is 5.84 Å². The van der Waals surface area contributed by atoms with E-state index >= 15 is 0 Å². The molecule has 1 aromatic heterocycles. The summed E-state index contributed by atoms with van der Waals surface area (Å²) in [7, 11) is 0. The lowest BCUT2D eigenvalue weighted by Crippen LogP contribution is -2.23. The average Bonchev–Trinajstić information content (AvgIpc) is 2.84. The highest BCUT2D eigenvalue weighted by Gasteiger charge is 2.22. The number of nitrogens with two attached hydrogens (primary N) is 1. The zero-order valence-electron chi connectivity index (χ0n) is 10.2. The van der Waals surface area contributed by atoms with Crippen molar-refractivity contribution in [1.82, 2.24) is 15.3 Å². The van der Waals surface area contributed by atoms with E-state index in [1.165, 1.54) is 0 Å². The molecule has 0 aliphatic carbocycles.